The first-order valence-corrected chi connectivity index (χ1v) is 6.20. The van der Waals surface area contributed by atoms with Crippen LogP contribution < -0.4 is 11.3 Å². The molecule has 0 spiro atoms. The van der Waals surface area contributed by atoms with E-state index in [1.54, 1.807) is 0 Å². The number of rotatable bonds is 4. The number of hydrogen-bond acceptors (Lipinski definition) is 3. The highest BCUT2D eigenvalue weighted by Crippen LogP contribution is 2.09. The van der Waals surface area contributed by atoms with Crippen LogP contribution in [0.2, 0.25) is 0 Å². The topological polar surface area (TPSA) is 80.9 Å². The fourth-order valence-corrected chi connectivity index (χ4v) is 1.98. The molecular weight excluding hydrogens is 242 g/mol. The van der Waals surface area contributed by atoms with E-state index in [1.165, 1.54) is 6.07 Å². The molecule has 0 saturated heterocycles. The third kappa shape index (κ3) is 3.00. The molecule has 0 aliphatic heterocycles. The third-order valence-corrected chi connectivity index (χ3v) is 3.11. The Morgan fingerprint density at radius 1 is 1.37 bits per heavy atom. The number of nitrogens with two attached hydrogens (primary N) is 1. The molecule has 5 nitrogen and oxygen atoms in total. The van der Waals surface area contributed by atoms with E-state index in [1.807, 2.05) is 31.2 Å². The summed E-state index contributed by atoms with van der Waals surface area (Å²) < 4.78 is 1.03. The number of benzene rings is 1. The van der Waals surface area contributed by atoms with Gasteiger partial charge < -0.3 is 5.73 Å². The predicted molar refractivity (Wildman–Crippen MR) is 73.1 cm³/mol. The Kier molecular flexibility index (Phi) is 3.97. The summed E-state index contributed by atoms with van der Waals surface area (Å²) in [5.41, 5.74) is 7.90. The smallest absolute Gasteiger partial charge is 0.273 e. The number of aromatic amines is 1. The first-order valence-electron chi connectivity index (χ1n) is 6.20. The molecular formula is C14H17N3O2. The van der Waals surface area contributed by atoms with Crippen LogP contribution in [0.5, 0.6) is 0 Å². The first kappa shape index (κ1) is 13.3. The van der Waals surface area contributed by atoms with E-state index in [9.17, 15) is 9.59 Å². The SMILES string of the molecule is Cc1ccccc1CCC(=O)n1[nH]c(CN)cc1=O. The molecule has 0 unspecified atom stereocenters. The molecule has 5 heteroatoms. The van der Waals surface area contributed by atoms with Crippen molar-refractivity contribution >= 4 is 5.91 Å². The summed E-state index contributed by atoms with van der Waals surface area (Å²) in [7, 11) is 0. The van der Waals surface area contributed by atoms with E-state index in [-0.39, 0.29) is 24.4 Å². The van der Waals surface area contributed by atoms with Crippen LogP contribution in [0.25, 0.3) is 0 Å². The van der Waals surface area contributed by atoms with Gasteiger partial charge in [0.05, 0.1) is 5.69 Å². The van der Waals surface area contributed by atoms with Gasteiger partial charge >= 0.3 is 0 Å². The monoisotopic (exact) mass is 259 g/mol. The van der Waals surface area contributed by atoms with Crippen LogP contribution in [0.15, 0.2) is 35.1 Å². The van der Waals surface area contributed by atoms with Gasteiger partial charge in [0.2, 0.25) is 5.91 Å². The second-order valence-corrected chi connectivity index (χ2v) is 4.48. The van der Waals surface area contributed by atoms with Crippen molar-refractivity contribution in [3.05, 3.63) is 57.5 Å². The van der Waals surface area contributed by atoms with Crippen molar-refractivity contribution < 1.29 is 4.79 Å². The summed E-state index contributed by atoms with van der Waals surface area (Å²) in [6, 6.07) is 9.26. The van der Waals surface area contributed by atoms with Crippen molar-refractivity contribution in [3.8, 4) is 0 Å². The van der Waals surface area contributed by atoms with Crippen LogP contribution in [0.4, 0.5) is 0 Å². The van der Waals surface area contributed by atoms with Crippen molar-refractivity contribution in [1.29, 1.82) is 0 Å². The molecule has 100 valence electrons. The van der Waals surface area contributed by atoms with Crippen molar-refractivity contribution in [1.82, 2.24) is 9.78 Å². The molecule has 3 N–H and O–H groups in total. The maximum absolute atomic E-state index is 12.0. The number of H-pyrrole nitrogens is 1. The Morgan fingerprint density at radius 2 is 2.11 bits per heavy atom. The molecule has 1 heterocycles. The van der Waals surface area contributed by atoms with Gasteiger partial charge in [-0.05, 0) is 24.5 Å². The van der Waals surface area contributed by atoms with Gasteiger partial charge in [0.15, 0.2) is 0 Å². The van der Waals surface area contributed by atoms with Gasteiger partial charge in [-0.25, -0.2) is 0 Å². The number of aryl methyl sites for hydroxylation is 2. The lowest BCUT2D eigenvalue weighted by molar-refractivity contribution is 0.0882. The number of nitrogens with zero attached hydrogens (tertiary/aromatic N) is 1. The normalized spacial score (nSPS) is 10.6. The maximum atomic E-state index is 12.0. The van der Waals surface area contributed by atoms with Crippen molar-refractivity contribution in [2.75, 3.05) is 0 Å². The molecule has 0 atom stereocenters. The highest BCUT2D eigenvalue weighted by molar-refractivity contribution is 5.78. The van der Waals surface area contributed by atoms with Crippen LogP contribution in [0.1, 0.15) is 28.0 Å². The predicted octanol–water partition coefficient (Wildman–Crippen LogP) is 1.22. The quantitative estimate of drug-likeness (QED) is 0.866. The van der Waals surface area contributed by atoms with Crippen molar-refractivity contribution in [2.45, 2.75) is 26.3 Å². The van der Waals surface area contributed by atoms with Crippen LogP contribution in [0, 0.1) is 6.92 Å². The summed E-state index contributed by atoms with van der Waals surface area (Å²) in [5.74, 6) is -0.243. The lowest BCUT2D eigenvalue weighted by Crippen LogP contribution is -2.24. The number of hydrogen-bond donors (Lipinski definition) is 2. The molecule has 0 radical (unpaired) electrons. The van der Waals surface area contributed by atoms with Gasteiger partial charge in [-0.2, -0.15) is 4.68 Å². The van der Waals surface area contributed by atoms with Gasteiger partial charge in [0.25, 0.3) is 5.56 Å². The van der Waals surface area contributed by atoms with E-state index in [4.69, 9.17) is 5.73 Å². The zero-order valence-corrected chi connectivity index (χ0v) is 10.8. The summed E-state index contributed by atoms with van der Waals surface area (Å²) in [5, 5.41) is 2.71. The highest BCUT2D eigenvalue weighted by atomic mass is 16.2. The third-order valence-electron chi connectivity index (χ3n) is 3.11. The minimum atomic E-state index is -0.352. The second-order valence-electron chi connectivity index (χ2n) is 4.48. The van der Waals surface area contributed by atoms with E-state index in [0.29, 0.717) is 12.1 Å². The molecule has 0 fully saturated rings. The summed E-state index contributed by atoms with van der Waals surface area (Å²) in [6.07, 6.45) is 0.907. The first-order chi connectivity index (χ1) is 9.11. The number of nitrogens with one attached hydrogen (secondary N) is 1. The zero-order valence-electron chi connectivity index (χ0n) is 10.8. The molecule has 0 amide bonds. The zero-order chi connectivity index (χ0) is 13.8. The molecule has 2 rings (SSSR count). The summed E-state index contributed by atoms with van der Waals surface area (Å²) in [4.78, 5) is 23.5. The summed E-state index contributed by atoms with van der Waals surface area (Å²) in [6.45, 7) is 2.22. The molecule has 0 bridgehead atoms. The molecule has 19 heavy (non-hydrogen) atoms. The maximum Gasteiger partial charge on any atom is 0.273 e. The Labute approximate surface area is 111 Å². The van der Waals surface area contributed by atoms with Gasteiger partial charge in [-0.15, -0.1) is 0 Å². The largest absolute Gasteiger partial charge is 0.325 e. The molecule has 0 aliphatic rings. The Bertz CT molecular complexity index is 640. The lowest BCUT2D eigenvalue weighted by atomic mass is 10.0. The fraction of sp³-hybridized carbons (Fsp3) is 0.286. The van der Waals surface area contributed by atoms with E-state index >= 15 is 0 Å². The van der Waals surface area contributed by atoms with Gasteiger partial charge in [0.1, 0.15) is 0 Å². The van der Waals surface area contributed by atoms with Crippen molar-refractivity contribution in [2.24, 2.45) is 5.73 Å². The molecule has 1 aromatic heterocycles. The van der Waals surface area contributed by atoms with Crippen LogP contribution in [0.3, 0.4) is 0 Å². The van der Waals surface area contributed by atoms with E-state index in [0.717, 1.165) is 15.8 Å². The Hall–Kier alpha value is -2.14. The molecule has 2 aromatic rings. The van der Waals surface area contributed by atoms with E-state index in [2.05, 4.69) is 5.10 Å². The van der Waals surface area contributed by atoms with Gasteiger partial charge in [0, 0.05) is 19.0 Å². The van der Waals surface area contributed by atoms with E-state index < -0.39 is 0 Å². The lowest BCUT2D eigenvalue weighted by Gasteiger charge is -2.05. The van der Waals surface area contributed by atoms with Gasteiger partial charge in [-0.3, -0.25) is 14.7 Å². The minimum absolute atomic E-state index is 0.216. The van der Waals surface area contributed by atoms with Gasteiger partial charge in [-0.1, -0.05) is 24.3 Å². The number of carbonyl (C=O) groups excluding carboxylic acids is 1. The molecule has 0 aliphatic carbocycles. The average Bonchev–Trinajstić information content (AvgIpc) is 2.79. The summed E-state index contributed by atoms with van der Waals surface area (Å²) >= 11 is 0. The average molecular weight is 259 g/mol. The Balaban J connectivity index is 2.07. The number of aromatic nitrogens is 2. The van der Waals surface area contributed by atoms with Crippen molar-refractivity contribution in [3.63, 3.8) is 0 Å². The highest BCUT2D eigenvalue weighted by Gasteiger charge is 2.10. The second kappa shape index (κ2) is 5.67. The van der Waals surface area contributed by atoms with Crippen LogP contribution in [-0.4, -0.2) is 15.7 Å². The minimum Gasteiger partial charge on any atom is -0.325 e. The Morgan fingerprint density at radius 3 is 2.74 bits per heavy atom. The van der Waals surface area contributed by atoms with Crippen LogP contribution >= 0.6 is 0 Å². The number of carbonyl (C=O) groups is 1. The van der Waals surface area contributed by atoms with Crippen LogP contribution in [-0.2, 0) is 13.0 Å². The standard InChI is InChI=1S/C14H17N3O2/c1-10-4-2-3-5-11(10)6-7-13(18)17-14(19)8-12(9-15)16-17/h2-5,8,16H,6-7,9,15H2,1H3. The molecule has 1 aromatic carbocycles. The fourth-order valence-electron chi connectivity index (χ4n) is 1.98. The molecule has 0 saturated carbocycles.